The fourth-order valence-corrected chi connectivity index (χ4v) is 3.45. The van der Waals surface area contributed by atoms with Gasteiger partial charge in [0, 0.05) is 5.56 Å². The van der Waals surface area contributed by atoms with Gasteiger partial charge in [-0.2, -0.15) is 0 Å². The summed E-state index contributed by atoms with van der Waals surface area (Å²) in [7, 11) is 0. The Kier molecular flexibility index (Phi) is 3.34. The van der Waals surface area contributed by atoms with Crippen LogP contribution in [0.4, 0.5) is 11.6 Å². The van der Waals surface area contributed by atoms with Crippen molar-refractivity contribution < 1.29 is 14.6 Å². The zero-order chi connectivity index (χ0) is 16.8. The minimum absolute atomic E-state index is 0.112. The minimum Gasteiger partial charge on any atom is -0.508 e. The maximum atomic E-state index is 12.3. The fourth-order valence-electron chi connectivity index (χ4n) is 3.07. The number of anilines is 2. The highest BCUT2D eigenvalue weighted by molar-refractivity contribution is 7.98. The maximum Gasteiger partial charge on any atom is 0.337 e. The standard InChI is InChI=1S/C16H14N4O3S/c1-24-16-19-13(17)12-10(7-3-2-4-8(21)5-7)11-9(6-23-15(11)22)18-14(12)20-16/h2-5,10,21H,6H2,1H3,(H3,17,18,19,20). The average molecular weight is 342 g/mol. The molecule has 4 N–H and O–H groups in total. The number of thioether (sulfide) groups is 1. The summed E-state index contributed by atoms with van der Waals surface area (Å²) in [5.41, 5.74) is 8.68. The molecular formula is C16H14N4O3S. The monoisotopic (exact) mass is 342 g/mol. The van der Waals surface area contributed by atoms with Crippen molar-refractivity contribution in [3.8, 4) is 5.75 Å². The SMILES string of the molecule is CSc1nc(N)c2c(n1)NC1=C(C(=O)OC1)C2c1cccc(O)c1. The second-order valence-corrected chi connectivity index (χ2v) is 6.25. The van der Waals surface area contributed by atoms with E-state index in [0.29, 0.717) is 33.6 Å². The first-order valence-electron chi connectivity index (χ1n) is 7.26. The van der Waals surface area contributed by atoms with Crippen LogP contribution in [0.25, 0.3) is 0 Å². The van der Waals surface area contributed by atoms with Gasteiger partial charge in [-0.25, -0.2) is 14.8 Å². The molecule has 2 aromatic rings. The number of hydrogen-bond acceptors (Lipinski definition) is 8. The topological polar surface area (TPSA) is 110 Å². The van der Waals surface area contributed by atoms with Crippen molar-refractivity contribution in [1.82, 2.24) is 9.97 Å². The van der Waals surface area contributed by atoms with Gasteiger partial charge < -0.3 is 20.9 Å². The van der Waals surface area contributed by atoms with Crippen LogP contribution in [0.3, 0.4) is 0 Å². The van der Waals surface area contributed by atoms with Gasteiger partial charge in [0.25, 0.3) is 0 Å². The number of nitrogens with zero attached hydrogens (tertiary/aromatic N) is 2. The zero-order valence-electron chi connectivity index (χ0n) is 12.7. The second kappa shape index (κ2) is 5.41. The van der Waals surface area contributed by atoms with Gasteiger partial charge in [-0.05, 0) is 24.0 Å². The van der Waals surface area contributed by atoms with Gasteiger partial charge in [-0.15, -0.1) is 0 Å². The Morgan fingerprint density at radius 2 is 2.25 bits per heavy atom. The van der Waals surface area contributed by atoms with Crippen molar-refractivity contribution in [2.45, 2.75) is 11.1 Å². The van der Waals surface area contributed by atoms with Gasteiger partial charge in [0.05, 0.1) is 17.2 Å². The third-order valence-electron chi connectivity index (χ3n) is 4.08. The molecule has 0 aliphatic carbocycles. The van der Waals surface area contributed by atoms with Gasteiger partial charge in [0.2, 0.25) is 0 Å². The molecule has 2 aliphatic heterocycles. The number of hydrogen-bond donors (Lipinski definition) is 3. The Labute approximate surface area is 141 Å². The quantitative estimate of drug-likeness (QED) is 0.431. The molecule has 1 aromatic carbocycles. The molecule has 4 rings (SSSR count). The lowest BCUT2D eigenvalue weighted by Gasteiger charge is -2.27. The summed E-state index contributed by atoms with van der Waals surface area (Å²) >= 11 is 1.38. The highest BCUT2D eigenvalue weighted by atomic mass is 32.2. The molecule has 1 aromatic heterocycles. The number of rotatable bonds is 2. The number of fused-ring (bicyclic) bond motifs is 1. The summed E-state index contributed by atoms with van der Waals surface area (Å²) in [5, 5.41) is 13.5. The van der Waals surface area contributed by atoms with Crippen molar-refractivity contribution in [3.63, 3.8) is 0 Å². The van der Waals surface area contributed by atoms with E-state index in [9.17, 15) is 9.90 Å². The van der Waals surface area contributed by atoms with Crippen molar-refractivity contribution in [2.75, 3.05) is 23.9 Å². The number of carbonyl (C=O) groups is 1. The van der Waals surface area contributed by atoms with Crippen LogP contribution < -0.4 is 11.1 Å². The van der Waals surface area contributed by atoms with Crippen LogP contribution in [0.5, 0.6) is 5.75 Å². The van der Waals surface area contributed by atoms with Crippen LogP contribution in [0, 0.1) is 0 Å². The predicted molar refractivity (Wildman–Crippen MR) is 89.8 cm³/mol. The van der Waals surface area contributed by atoms with Crippen LogP contribution in [-0.4, -0.2) is 33.9 Å². The first-order chi connectivity index (χ1) is 11.6. The number of carbonyl (C=O) groups excluding carboxylic acids is 1. The van der Waals surface area contributed by atoms with Crippen LogP contribution in [0.15, 0.2) is 40.7 Å². The van der Waals surface area contributed by atoms with Gasteiger partial charge in [0.15, 0.2) is 5.16 Å². The Hall–Kier alpha value is -2.74. The molecule has 2 aliphatic rings. The van der Waals surface area contributed by atoms with E-state index in [1.165, 1.54) is 11.8 Å². The number of cyclic esters (lactones) is 1. The van der Waals surface area contributed by atoms with Crippen LogP contribution in [0.1, 0.15) is 17.0 Å². The summed E-state index contributed by atoms with van der Waals surface area (Å²) in [5.74, 6) is 0.106. The molecule has 7 nitrogen and oxygen atoms in total. The number of phenolic OH excluding ortho intramolecular Hbond substituents is 1. The molecule has 1 unspecified atom stereocenters. The Morgan fingerprint density at radius 1 is 1.42 bits per heavy atom. The number of benzene rings is 1. The summed E-state index contributed by atoms with van der Waals surface area (Å²) in [4.78, 5) is 21.0. The summed E-state index contributed by atoms with van der Waals surface area (Å²) in [6.45, 7) is 0.168. The van der Waals surface area contributed by atoms with Gasteiger partial charge in [-0.1, -0.05) is 23.9 Å². The lowest BCUT2D eigenvalue weighted by Crippen LogP contribution is -2.23. The molecule has 0 saturated heterocycles. The number of ether oxygens (including phenoxy) is 1. The first kappa shape index (κ1) is 14.8. The Morgan fingerprint density at radius 3 is 3.00 bits per heavy atom. The van der Waals surface area contributed by atoms with Crippen LogP contribution in [0.2, 0.25) is 0 Å². The van der Waals surface area contributed by atoms with Crippen molar-refractivity contribution in [2.24, 2.45) is 0 Å². The molecular weight excluding hydrogens is 328 g/mol. The molecule has 0 saturated carbocycles. The maximum absolute atomic E-state index is 12.3. The fraction of sp³-hybridized carbons (Fsp3) is 0.188. The molecule has 24 heavy (non-hydrogen) atoms. The van der Waals surface area contributed by atoms with E-state index in [-0.39, 0.29) is 12.4 Å². The van der Waals surface area contributed by atoms with Gasteiger partial charge in [0.1, 0.15) is 24.0 Å². The molecule has 0 radical (unpaired) electrons. The minimum atomic E-state index is -0.478. The summed E-state index contributed by atoms with van der Waals surface area (Å²) in [6.07, 6.45) is 1.86. The smallest absolute Gasteiger partial charge is 0.337 e. The number of nitrogen functional groups attached to an aromatic ring is 1. The van der Waals surface area contributed by atoms with Gasteiger partial charge >= 0.3 is 5.97 Å². The lowest BCUT2D eigenvalue weighted by molar-refractivity contribution is -0.136. The van der Waals surface area contributed by atoms with E-state index in [2.05, 4.69) is 15.3 Å². The molecule has 3 heterocycles. The summed E-state index contributed by atoms with van der Waals surface area (Å²) in [6, 6.07) is 6.74. The van der Waals surface area contributed by atoms with E-state index in [1.54, 1.807) is 18.2 Å². The number of nitrogens with two attached hydrogens (primary N) is 1. The molecule has 0 spiro atoms. The van der Waals surface area contributed by atoms with E-state index < -0.39 is 11.9 Å². The first-order valence-corrected chi connectivity index (χ1v) is 8.48. The van der Waals surface area contributed by atoms with Crippen LogP contribution >= 0.6 is 11.8 Å². The number of nitrogens with one attached hydrogen (secondary N) is 1. The number of aromatic hydroxyl groups is 1. The Bertz CT molecular complexity index is 897. The van der Waals surface area contributed by atoms with E-state index in [1.807, 2.05) is 12.3 Å². The number of esters is 1. The summed E-state index contributed by atoms with van der Waals surface area (Å²) < 4.78 is 5.18. The predicted octanol–water partition coefficient (Wildman–Crippen LogP) is 1.85. The molecule has 0 amide bonds. The van der Waals surface area contributed by atoms with E-state index in [0.717, 1.165) is 5.56 Å². The van der Waals surface area contributed by atoms with Gasteiger partial charge in [-0.3, -0.25) is 0 Å². The van der Waals surface area contributed by atoms with Crippen molar-refractivity contribution >= 4 is 29.4 Å². The molecule has 122 valence electrons. The van der Waals surface area contributed by atoms with Crippen LogP contribution in [-0.2, 0) is 9.53 Å². The number of phenols is 1. The molecule has 8 heteroatoms. The highest BCUT2D eigenvalue weighted by Crippen LogP contribution is 2.46. The lowest BCUT2D eigenvalue weighted by atomic mass is 9.82. The zero-order valence-corrected chi connectivity index (χ0v) is 13.6. The molecule has 0 fully saturated rings. The molecule has 1 atom stereocenters. The highest BCUT2D eigenvalue weighted by Gasteiger charge is 2.40. The third kappa shape index (κ3) is 2.18. The second-order valence-electron chi connectivity index (χ2n) is 5.48. The third-order valence-corrected chi connectivity index (χ3v) is 4.63. The normalized spacial score (nSPS) is 18.7. The van der Waals surface area contributed by atoms with E-state index in [4.69, 9.17) is 10.5 Å². The Balaban J connectivity index is 1.97. The van der Waals surface area contributed by atoms with E-state index >= 15 is 0 Å². The van der Waals surface area contributed by atoms with Crippen molar-refractivity contribution in [1.29, 1.82) is 0 Å². The molecule has 0 bridgehead atoms. The number of aromatic nitrogens is 2. The average Bonchev–Trinajstić information content (AvgIpc) is 2.93. The largest absolute Gasteiger partial charge is 0.508 e. The van der Waals surface area contributed by atoms with Crippen molar-refractivity contribution in [3.05, 3.63) is 46.7 Å².